The van der Waals surface area contributed by atoms with Crippen LogP contribution in [0.5, 0.6) is 0 Å². The summed E-state index contributed by atoms with van der Waals surface area (Å²) >= 11 is 0. The van der Waals surface area contributed by atoms with E-state index in [0.717, 1.165) is 0 Å². The third-order valence-electron chi connectivity index (χ3n) is 5.21. The largest absolute Gasteiger partial charge is 0.0645 e. The standard InChI is InChI=1S/C20H24/c1-2-20(18-13-7-4-8-14-18)16-10-9-15-19(20)17-11-5-3-6-12-17/h3-8,11-14,19H,2,9-10,15-16H2,1H3. The Morgan fingerprint density at radius 3 is 2.20 bits per heavy atom. The number of hydrogen-bond acceptors (Lipinski definition) is 0. The topological polar surface area (TPSA) is 0 Å². The second kappa shape index (κ2) is 5.83. The van der Waals surface area contributed by atoms with Crippen LogP contribution in [-0.4, -0.2) is 0 Å². The molecule has 1 aliphatic rings. The second-order valence-electron chi connectivity index (χ2n) is 6.08. The molecule has 2 atom stereocenters. The second-order valence-corrected chi connectivity index (χ2v) is 6.08. The van der Waals surface area contributed by atoms with Crippen LogP contribution >= 0.6 is 0 Å². The van der Waals surface area contributed by atoms with E-state index in [-0.39, 0.29) is 0 Å². The normalized spacial score (nSPS) is 26.4. The quantitative estimate of drug-likeness (QED) is 0.668. The molecule has 0 saturated heterocycles. The van der Waals surface area contributed by atoms with Crippen LogP contribution in [-0.2, 0) is 5.41 Å². The first-order valence-electron chi connectivity index (χ1n) is 7.97. The fraction of sp³-hybridized carbons (Fsp3) is 0.400. The summed E-state index contributed by atoms with van der Waals surface area (Å²) in [6.45, 7) is 2.37. The Hall–Kier alpha value is -1.56. The van der Waals surface area contributed by atoms with Gasteiger partial charge in [0.2, 0.25) is 0 Å². The summed E-state index contributed by atoms with van der Waals surface area (Å²) in [4.78, 5) is 0. The van der Waals surface area contributed by atoms with E-state index in [9.17, 15) is 0 Å². The predicted molar refractivity (Wildman–Crippen MR) is 86.1 cm³/mol. The number of rotatable bonds is 3. The summed E-state index contributed by atoms with van der Waals surface area (Å²) in [6.07, 6.45) is 6.62. The predicted octanol–water partition coefficient (Wildman–Crippen LogP) is 5.69. The van der Waals surface area contributed by atoms with Crippen LogP contribution in [0.2, 0.25) is 0 Å². The Bertz CT molecular complexity index is 528. The summed E-state index contributed by atoms with van der Waals surface area (Å²) in [6, 6.07) is 22.4. The van der Waals surface area contributed by atoms with Crippen LogP contribution in [0.4, 0.5) is 0 Å². The molecule has 0 spiro atoms. The lowest BCUT2D eigenvalue weighted by Crippen LogP contribution is -2.36. The summed E-state index contributed by atoms with van der Waals surface area (Å²) in [7, 11) is 0. The molecule has 1 saturated carbocycles. The van der Waals surface area contributed by atoms with Gasteiger partial charge >= 0.3 is 0 Å². The molecule has 0 heteroatoms. The highest BCUT2D eigenvalue weighted by Gasteiger charge is 2.41. The SMILES string of the molecule is CCC1(c2ccccc2)CCCCC1c1ccccc1. The Morgan fingerprint density at radius 1 is 0.900 bits per heavy atom. The van der Waals surface area contributed by atoms with Crippen molar-refractivity contribution in [3.05, 3.63) is 71.8 Å². The van der Waals surface area contributed by atoms with Gasteiger partial charge in [-0.2, -0.15) is 0 Å². The molecule has 3 rings (SSSR count). The third-order valence-corrected chi connectivity index (χ3v) is 5.21. The zero-order valence-corrected chi connectivity index (χ0v) is 12.4. The first kappa shape index (κ1) is 13.4. The van der Waals surface area contributed by atoms with E-state index in [4.69, 9.17) is 0 Å². The molecule has 2 aromatic rings. The lowest BCUT2D eigenvalue weighted by Gasteiger charge is -2.45. The summed E-state index contributed by atoms with van der Waals surface area (Å²) in [5.74, 6) is 0.671. The molecule has 1 fully saturated rings. The van der Waals surface area contributed by atoms with E-state index in [1.165, 1.54) is 43.2 Å². The molecule has 0 amide bonds. The van der Waals surface area contributed by atoms with E-state index in [1.54, 1.807) is 0 Å². The van der Waals surface area contributed by atoms with Crippen molar-refractivity contribution in [3.8, 4) is 0 Å². The molecule has 104 valence electrons. The maximum absolute atomic E-state index is 2.37. The number of hydrogen-bond donors (Lipinski definition) is 0. The van der Waals surface area contributed by atoms with Gasteiger partial charge in [0.25, 0.3) is 0 Å². The molecule has 0 aliphatic heterocycles. The summed E-state index contributed by atoms with van der Waals surface area (Å²) in [5.41, 5.74) is 3.40. The summed E-state index contributed by atoms with van der Waals surface area (Å²) < 4.78 is 0. The molecule has 0 aromatic heterocycles. The van der Waals surface area contributed by atoms with E-state index < -0.39 is 0 Å². The first-order chi connectivity index (χ1) is 9.87. The van der Waals surface area contributed by atoms with Crippen molar-refractivity contribution < 1.29 is 0 Å². The Labute approximate surface area is 122 Å². The molecule has 0 heterocycles. The van der Waals surface area contributed by atoms with E-state index in [1.807, 2.05) is 0 Å². The maximum Gasteiger partial charge on any atom is 0.00190 e. The van der Waals surface area contributed by atoms with Gasteiger partial charge in [-0.25, -0.2) is 0 Å². The van der Waals surface area contributed by atoms with Crippen molar-refractivity contribution >= 4 is 0 Å². The van der Waals surface area contributed by atoms with Gasteiger partial charge < -0.3 is 0 Å². The van der Waals surface area contributed by atoms with Crippen LogP contribution in [0.1, 0.15) is 56.1 Å². The van der Waals surface area contributed by atoms with Crippen LogP contribution < -0.4 is 0 Å². The van der Waals surface area contributed by atoms with Crippen LogP contribution in [0, 0.1) is 0 Å². The minimum atomic E-state index is 0.334. The van der Waals surface area contributed by atoms with Gasteiger partial charge in [-0.3, -0.25) is 0 Å². The molecular weight excluding hydrogens is 240 g/mol. The Kier molecular flexibility index (Phi) is 3.91. The molecular formula is C20H24. The lowest BCUT2D eigenvalue weighted by molar-refractivity contribution is 0.238. The van der Waals surface area contributed by atoms with Crippen molar-refractivity contribution in [1.29, 1.82) is 0 Å². The van der Waals surface area contributed by atoms with Gasteiger partial charge in [-0.05, 0) is 36.3 Å². The van der Waals surface area contributed by atoms with Crippen molar-refractivity contribution in [2.24, 2.45) is 0 Å². The summed E-state index contributed by atoms with van der Waals surface area (Å²) in [5, 5.41) is 0. The fourth-order valence-corrected chi connectivity index (χ4v) is 4.15. The van der Waals surface area contributed by atoms with Crippen molar-refractivity contribution in [2.75, 3.05) is 0 Å². The van der Waals surface area contributed by atoms with Crippen LogP contribution in [0.3, 0.4) is 0 Å². The fourth-order valence-electron chi connectivity index (χ4n) is 4.15. The van der Waals surface area contributed by atoms with Gasteiger partial charge in [0.15, 0.2) is 0 Å². The van der Waals surface area contributed by atoms with E-state index in [0.29, 0.717) is 11.3 Å². The molecule has 1 aliphatic carbocycles. The monoisotopic (exact) mass is 264 g/mol. The van der Waals surface area contributed by atoms with Gasteiger partial charge in [0.05, 0.1) is 0 Å². The van der Waals surface area contributed by atoms with Crippen molar-refractivity contribution in [2.45, 2.75) is 50.4 Å². The van der Waals surface area contributed by atoms with Gasteiger partial charge in [-0.1, -0.05) is 80.4 Å². The molecule has 0 radical (unpaired) electrons. The molecule has 2 aromatic carbocycles. The van der Waals surface area contributed by atoms with Crippen LogP contribution in [0.25, 0.3) is 0 Å². The Balaban J connectivity index is 2.06. The zero-order chi connectivity index (χ0) is 13.8. The average Bonchev–Trinajstić information content (AvgIpc) is 2.56. The third kappa shape index (κ3) is 2.28. The molecule has 0 bridgehead atoms. The molecule has 0 N–H and O–H groups in total. The zero-order valence-electron chi connectivity index (χ0n) is 12.4. The molecule has 0 nitrogen and oxygen atoms in total. The van der Waals surface area contributed by atoms with Gasteiger partial charge in [-0.15, -0.1) is 0 Å². The number of benzene rings is 2. The molecule has 20 heavy (non-hydrogen) atoms. The minimum Gasteiger partial charge on any atom is -0.0645 e. The maximum atomic E-state index is 2.37. The lowest BCUT2D eigenvalue weighted by atomic mass is 9.59. The molecule has 2 unspecified atom stereocenters. The van der Waals surface area contributed by atoms with Crippen molar-refractivity contribution in [1.82, 2.24) is 0 Å². The van der Waals surface area contributed by atoms with Gasteiger partial charge in [0.1, 0.15) is 0 Å². The van der Waals surface area contributed by atoms with E-state index >= 15 is 0 Å². The minimum absolute atomic E-state index is 0.334. The van der Waals surface area contributed by atoms with Crippen molar-refractivity contribution in [3.63, 3.8) is 0 Å². The van der Waals surface area contributed by atoms with E-state index in [2.05, 4.69) is 67.6 Å². The average molecular weight is 264 g/mol. The smallest absolute Gasteiger partial charge is 0.00190 e. The first-order valence-corrected chi connectivity index (χ1v) is 7.97. The highest BCUT2D eigenvalue weighted by Crippen LogP contribution is 2.51. The Morgan fingerprint density at radius 2 is 1.55 bits per heavy atom. The van der Waals surface area contributed by atoms with Crippen LogP contribution in [0.15, 0.2) is 60.7 Å². The van der Waals surface area contributed by atoms with Gasteiger partial charge in [0, 0.05) is 5.41 Å². The highest BCUT2D eigenvalue weighted by molar-refractivity contribution is 5.34. The highest BCUT2D eigenvalue weighted by atomic mass is 14.4.